The summed E-state index contributed by atoms with van der Waals surface area (Å²) in [6.45, 7) is 1.65. The van der Waals surface area contributed by atoms with Gasteiger partial charge in [0.15, 0.2) is 0 Å². The lowest BCUT2D eigenvalue weighted by molar-refractivity contribution is 0.319. The fraction of sp³-hybridized carbons (Fsp3) is 0.348. The molecule has 2 heterocycles. The molecule has 0 saturated heterocycles. The predicted molar refractivity (Wildman–Crippen MR) is 111 cm³/mol. The Morgan fingerprint density at radius 3 is 2.64 bits per heavy atom. The third-order valence-corrected chi connectivity index (χ3v) is 5.36. The van der Waals surface area contributed by atoms with Gasteiger partial charge in [-0.3, -0.25) is 14.7 Å². The van der Waals surface area contributed by atoms with Crippen LogP contribution < -0.4 is 5.56 Å². The second-order valence-electron chi connectivity index (χ2n) is 7.73. The van der Waals surface area contributed by atoms with Gasteiger partial charge in [-0.25, -0.2) is 4.98 Å². The summed E-state index contributed by atoms with van der Waals surface area (Å²) < 4.78 is 0. The Morgan fingerprint density at radius 2 is 1.86 bits per heavy atom. The van der Waals surface area contributed by atoms with Crippen molar-refractivity contribution in [1.29, 1.82) is 0 Å². The summed E-state index contributed by atoms with van der Waals surface area (Å²) in [6.07, 6.45) is 8.42. The molecule has 1 saturated carbocycles. The van der Waals surface area contributed by atoms with Crippen molar-refractivity contribution in [1.82, 2.24) is 19.9 Å². The molecule has 0 radical (unpaired) electrons. The van der Waals surface area contributed by atoms with E-state index in [9.17, 15) is 4.79 Å². The van der Waals surface area contributed by atoms with E-state index >= 15 is 0 Å². The lowest BCUT2D eigenvalue weighted by Gasteiger charge is -2.17. The number of H-pyrrole nitrogens is 1. The van der Waals surface area contributed by atoms with Crippen LogP contribution in [-0.4, -0.2) is 26.9 Å². The van der Waals surface area contributed by atoms with E-state index in [0.717, 1.165) is 37.2 Å². The summed E-state index contributed by atoms with van der Waals surface area (Å²) in [6, 6.07) is 14.0. The van der Waals surface area contributed by atoms with Gasteiger partial charge in [-0.2, -0.15) is 0 Å². The molecule has 0 atom stereocenters. The monoisotopic (exact) mass is 374 g/mol. The van der Waals surface area contributed by atoms with Gasteiger partial charge < -0.3 is 4.98 Å². The van der Waals surface area contributed by atoms with Gasteiger partial charge in [0.1, 0.15) is 5.82 Å². The average molecular weight is 374 g/mol. The van der Waals surface area contributed by atoms with E-state index in [1.54, 1.807) is 12.3 Å². The molecule has 0 amide bonds. The Labute approximate surface area is 165 Å². The van der Waals surface area contributed by atoms with Gasteiger partial charge in [-0.1, -0.05) is 37.1 Å². The van der Waals surface area contributed by atoms with Gasteiger partial charge in [0, 0.05) is 43.0 Å². The molecule has 1 aliphatic rings. The molecule has 0 bridgehead atoms. The maximum atomic E-state index is 12.2. The van der Waals surface area contributed by atoms with E-state index in [0.29, 0.717) is 11.7 Å². The molecule has 4 rings (SSSR count). The molecule has 0 aliphatic heterocycles. The lowest BCUT2D eigenvalue weighted by atomic mass is 10.0. The van der Waals surface area contributed by atoms with Crippen LogP contribution in [0.15, 0.2) is 59.7 Å². The molecular weight excluding hydrogens is 348 g/mol. The van der Waals surface area contributed by atoms with E-state index in [1.807, 2.05) is 24.4 Å². The third kappa shape index (κ3) is 4.54. The highest BCUT2D eigenvalue weighted by atomic mass is 16.1. The van der Waals surface area contributed by atoms with Crippen LogP contribution in [0.2, 0.25) is 0 Å². The predicted octanol–water partition coefficient (Wildman–Crippen LogP) is 4.12. The first-order valence-corrected chi connectivity index (χ1v) is 9.95. The molecule has 1 fully saturated rings. The maximum Gasteiger partial charge on any atom is 0.251 e. The summed E-state index contributed by atoms with van der Waals surface area (Å²) in [5.74, 6) is 1.10. The van der Waals surface area contributed by atoms with Gasteiger partial charge in [0.05, 0.1) is 5.69 Å². The lowest BCUT2D eigenvalue weighted by Crippen LogP contribution is -2.17. The summed E-state index contributed by atoms with van der Waals surface area (Å²) in [5.41, 5.74) is 4.22. The number of nitrogens with one attached hydrogen (secondary N) is 1. The van der Waals surface area contributed by atoms with Gasteiger partial charge in [-0.15, -0.1) is 0 Å². The van der Waals surface area contributed by atoms with Crippen molar-refractivity contribution in [3.63, 3.8) is 0 Å². The van der Waals surface area contributed by atoms with Crippen LogP contribution >= 0.6 is 0 Å². The number of nitrogens with zero attached hydrogens (tertiary/aromatic N) is 3. The zero-order valence-electron chi connectivity index (χ0n) is 16.3. The number of hydrogen-bond acceptors (Lipinski definition) is 4. The molecule has 2 aromatic heterocycles. The minimum Gasteiger partial charge on any atom is -0.307 e. The van der Waals surface area contributed by atoms with Crippen LogP contribution in [0.3, 0.4) is 0 Å². The number of aromatic amines is 1. The Kier molecular flexibility index (Phi) is 5.63. The van der Waals surface area contributed by atoms with Crippen LogP contribution in [0.25, 0.3) is 11.4 Å². The highest BCUT2D eigenvalue weighted by Crippen LogP contribution is 2.33. The molecule has 1 aromatic carbocycles. The fourth-order valence-corrected chi connectivity index (χ4v) is 4.03. The number of rotatable bonds is 6. The normalized spacial score (nSPS) is 14.6. The Hall–Kier alpha value is -2.79. The van der Waals surface area contributed by atoms with Gasteiger partial charge in [0.2, 0.25) is 0 Å². The van der Waals surface area contributed by atoms with Crippen LogP contribution in [0.5, 0.6) is 0 Å². The van der Waals surface area contributed by atoms with E-state index in [-0.39, 0.29) is 5.56 Å². The first kappa shape index (κ1) is 18.6. The smallest absolute Gasteiger partial charge is 0.251 e. The molecule has 28 heavy (non-hydrogen) atoms. The zero-order chi connectivity index (χ0) is 19.3. The standard InChI is InChI=1S/C23H26N4O/c1-27(16-18-7-5-11-24-14-18)15-17-6-4-10-20(12-17)23-25-21(13-22(28)26-23)19-8-2-3-9-19/h4-7,10-14,19H,2-3,8-9,15-16H2,1H3,(H,25,26,28). The summed E-state index contributed by atoms with van der Waals surface area (Å²) in [7, 11) is 2.10. The highest BCUT2D eigenvalue weighted by Gasteiger charge is 2.19. The first-order chi connectivity index (χ1) is 13.7. The number of aromatic nitrogens is 3. The van der Waals surface area contributed by atoms with E-state index in [2.05, 4.69) is 40.1 Å². The SMILES string of the molecule is CN(Cc1cccnc1)Cc1cccc(-c2nc(C3CCCC3)cc(=O)[nH]2)c1. The van der Waals surface area contributed by atoms with Crippen molar-refractivity contribution < 1.29 is 0 Å². The molecule has 5 heteroatoms. The van der Waals surface area contributed by atoms with Crippen molar-refractivity contribution >= 4 is 0 Å². The average Bonchev–Trinajstić information content (AvgIpc) is 3.23. The van der Waals surface area contributed by atoms with Gasteiger partial charge in [0.25, 0.3) is 5.56 Å². The fourth-order valence-electron chi connectivity index (χ4n) is 4.03. The van der Waals surface area contributed by atoms with Crippen molar-refractivity contribution in [2.75, 3.05) is 7.05 Å². The largest absolute Gasteiger partial charge is 0.307 e. The van der Waals surface area contributed by atoms with Crippen molar-refractivity contribution in [2.45, 2.75) is 44.7 Å². The maximum absolute atomic E-state index is 12.2. The molecule has 1 N–H and O–H groups in total. The van der Waals surface area contributed by atoms with Crippen molar-refractivity contribution in [2.24, 2.45) is 0 Å². The number of benzene rings is 1. The van der Waals surface area contributed by atoms with Crippen LogP contribution in [0.1, 0.15) is 48.4 Å². The summed E-state index contributed by atoms with van der Waals surface area (Å²) in [5, 5.41) is 0. The Bertz CT molecular complexity index is 977. The molecule has 1 aliphatic carbocycles. The third-order valence-electron chi connectivity index (χ3n) is 5.36. The minimum absolute atomic E-state index is 0.0639. The highest BCUT2D eigenvalue weighted by molar-refractivity contribution is 5.56. The van der Waals surface area contributed by atoms with Crippen LogP contribution in [0.4, 0.5) is 0 Å². The van der Waals surface area contributed by atoms with Crippen LogP contribution in [0, 0.1) is 0 Å². The first-order valence-electron chi connectivity index (χ1n) is 9.95. The molecular formula is C23H26N4O. The Morgan fingerprint density at radius 1 is 1.07 bits per heavy atom. The summed E-state index contributed by atoms with van der Waals surface area (Å²) >= 11 is 0. The van der Waals surface area contributed by atoms with Gasteiger partial charge in [-0.05, 0) is 43.1 Å². The van der Waals surface area contributed by atoms with Crippen molar-refractivity contribution in [3.8, 4) is 11.4 Å². The second-order valence-corrected chi connectivity index (χ2v) is 7.73. The van der Waals surface area contributed by atoms with E-state index < -0.39 is 0 Å². The quantitative estimate of drug-likeness (QED) is 0.705. The number of pyridine rings is 1. The zero-order valence-corrected chi connectivity index (χ0v) is 16.3. The second kappa shape index (κ2) is 8.48. The molecule has 144 valence electrons. The topological polar surface area (TPSA) is 61.9 Å². The number of hydrogen-bond donors (Lipinski definition) is 1. The van der Waals surface area contributed by atoms with E-state index in [4.69, 9.17) is 4.98 Å². The minimum atomic E-state index is -0.0639. The molecule has 5 nitrogen and oxygen atoms in total. The van der Waals surface area contributed by atoms with Gasteiger partial charge >= 0.3 is 0 Å². The molecule has 3 aromatic rings. The molecule has 0 spiro atoms. The van der Waals surface area contributed by atoms with Crippen molar-refractivity contribution in [3.05, 3.63) is 82.0 Å². The molecule has 0 unspecified atom stereocenters. The Balaban J connectivity index is 1.53. The summed E-state index contributed by atoms with van der Waals surface area (Å²) in [4.78, 5) is 26.3. The van der Waals surface area contributed by atoms with E-state index in [1.165, 1.54) is 24.0 Å². The van der Waals surface area contributed by atoms with Crippen LogP contribution in [-0.2, 0) is 13.1 Å².